The zero-order chi connectivity index (χ0) is 14.9. The lowest BCUT2D eigenvalue weighted by molar-refractivity contribution is 0.187. The van der Waals surface area contributed by atoms with E-state index < -0.39 is 6.09 Å². The van der Waals surface area contributed by atoms with Gasteiger partial charge in [0, 0.05) is 4.88 Å². The van der Waals surface area contributed by atoms with Crippen molar-refractivity contribution in [3.63, 3.8) is 0 Å². The molecule has 0 saturated heterocycles. The van der Waals surface area contributed by atoms with Gasteiger partial charge in [0.05, 0.1) is 12.7 Å². The Kier molecular flexibility index (Phi) is 4.05. The average molecular weight is 292 g/mol. The Hall–Kier alpha value is -1.54. The Labute approximate surface area is 123 Å². The molecule has 1 aromatic rings. The molecular formula is C15H20N2O2S. The molecule has 0 fully saturated rings. The summed E-state index contributed by atoms with van der Waals surface area (Å²) in [5.41, 5.74) is 2.00. The van der Waals surface area contributed by atoms with Crippen LogP contribution in [0.4, 0.5) is 9.80 Å². The van der Waals surface area contributed by atoms with Crippen LogP contribution < -0.4 is 5.32 Å². The van der Waals surface area contributed by atoms with Gasteiger partial charge in [-0.2, -0.15) is 5.26 Å². The van der Waals surface area contributed by atoms with Gasteiger partial charge in [-0.15, -0.1) is 11.3 Å². The van der Waals surface area contributed by atoms with Gasteiger partial charge in [0.15, 0.2) is 0 Å². The van der Waals surface area contributed by atoms with Crippen molar-refractivity contribution in [3.05, 3.63) is 16.0 Å². The fourth-order valence-electron chi connectivity index (χ4n) is 2.68. The molecule has 0 aromatic carbocycles. The molecule has 20 heavy (non-hydrogen) atoms. The molecule has 1 heterocycles. The maximum absolute atomic E-state index is 11.3. The number of rotatable bonds is 1. The highest BCUT2D eigenvalue weighted by Crippen LogP contribution is 2.43. The minimum atomic E-state index is -0.521. The van der Waals surface area contributed by atoms with Crippen LogP contribution >= 0.6 is 11.3 Å². The largest absolute Gasteiger partial charge is 0.453 e. The first kappa shape index (κ1) is 14.9. The van der Waals surface area contributed by atoms with Crippen molar-refractivity contribution in [1.82, 2.24) is 0 Å². The Morgan fingerprint density at radius 1 is 1.50 bits per heavy atom. The third-order valence-electron chi connectivity index (χ3n) is 4.00. The van der Waals surface area contributed by atoms with Gasteiger partial charge in [-0.1, -0.05) is 20.8 Å². The molecule has 4 nitrogen and oxygen atoms in total. The van der Waals surface area contributed by atoms with E-state index in [0.29, 0.717) is 16.5 Å². The Balaban J connectivity index is 2.31. The molecule has 108 valence electrons. The summed E-state index contributed by atoms with van der Waals surface area (Å²) < 4.78 is 4.61. The molecule has 0 radical (unpaired) electrons. The lowest BCUT2D eigenvalue weighted by atomic mass is 9.72. The summed E-state index contributed by atoms with van der Waals surface area (Å²) in [6.45, 7) is 6.78. The van der Waals surface area contributed by atoms with E-state index in [0.717, 1.165) is 24.8 Å². The van der Waals surface area contributed by atoms with Crippen molar-refractivity contribution in [2.24, 2.45) is 11.3 Å². The van der Waals surface area contributed by atoms with Crippen molar-refractivity contribution in [2.75, 3.05) is 12.4 Å². The van der Waals surface area contributed by atoms with Crippen molar-refractivity contribution >= 4 is 22.4 Å². The lowest BCUT2D eigenvalue weighted by Gasteiger charge is -2.33. The Morgan fingerprint density at radius 3 is 2.75 bits per heavy atom. The number of hydrogen-bond acceptors (Lipinski definition) is 4. The van der Waals surface area contributed by atoms with Crippen LogP contribution in [-0.4, -0.2) is 13.2 Å². The lowest BCUT2D eigenvalue weighted by Crippen LogP contribution is -2.26. The number of amides is 1. The van der Waals surface area contributed by atoms with E-state index in [2.05, 4.69) is 36.9 Å². The second-order valence-electron chi connectivity index (χ2n) is 6.24. The van der Waals surface area contributed by atoms with Gasteiger partial charge in [-0.05, 0) is 36.2 Å². The molecule has 1 aliphatic rings. The van der Waals surface area contributed by atoms with Crippen LogP contribution in [0.15, 0.2) is 0 Å². The molecule has 2 rings (SSSR count). The van der Waals surface area contributed by atoms with Crippen LogP contribution in [-0.2, 0) is 17.6 Å². The van der Waals surface area contributed by atoms with Gasteiger partial charge in [0.2, 0.25) is 0 Å². The highest BCUT2D eigenvalue weighted by Gasteiger charge is 2.32. The zero-order valence-corrected chi connectivity index (χ0v) is 13.2. The predicted octanol–water partition coefficient (Wildman–Crippen LogP) is 3.95. The maximum Gasteiger partial charge on any atom is 0.411 e. The second-order valence-corrected chi connectivity index (χ2v) is 7.35. The molecule has 0 spiro atoms. The van der Waals surface area contributed by atoms with Crippen molar-refractivity contribution in [1.29, 1.82) is 5.26 Å². The van der Waals surface area contributed by atoms with E-state index in [1.54, 1.807) is 0 Å². The molecule has 0 aliphatic heterocycles. The van der Waals surface area contributed by atoms with Crippen LogP contribution in [0.25, 0.3) is 0 Å². The normalized spacial score (nSPS) is 18.1. The number of fused-ring (bicyclic) bond motifs is 1. The number of carbonyl (C=O) groups is 1. The average Bonchev–Trinajstić information content (AvgIpc) is 2.73. The Morgan fingerprint density at radius 2 is 2.20 bits per heavy atom. The summed E-state index contributed by atoms with van der Waals surface area (Å²) >= 11 is 1.52. The Bertz CT molecular complexity index is 564. The summed E-state index contributed by atoms with van der Waals surface area (Å²) in [6.07, 6.45) is 2.48. The summed E-state index contributed by atoms with van der Waals surface area (Å²) in [4.78, 5) is 12.6. The summed E-state index contributed by atoms with van der Waals surface area (Å²) in [5, 5.41) is 12.6. The quantitative estimate of drug-likeness (QED) is 0.852. The van der Waals surface area contributed by atoms with Crippen molar-refractivity contribution in [3.8, 4) is 6.07 Å². The van der Waals surface area contributed by atoms with Crippen LogP contribution in [0.3, 0.4) is 0 Å². The molecule has 1 aliphatic carbocycles. The first-order chi connectivity index (χ1) is 9.36. The molecule has 0 bridgehead atoms. The predicted molar refractivity (Wildman–Crippen MR) is 80.0 cm³/mol. The molecule has 1 aromatic heterocycles. The minimum Gasteiger partial charge on any atom is -0.453 e. The van der Waals surface area contributed by atoms with Crippen LogP contribution in [0.5, 0.6) is 0 Å². The standard InChI is InChI=1S/C15H20N2O2S/c1-15(2,3)9-5-6-10-11(8-16)13(17-14(18)19-4)20-12(10)7-9/h9H,5-7H2,1-4H3,(H,17,18). The van der Waals surface area contributed by atoms with Crippen molar-refractivity contribution < 1.29 is 9.53 Å². The van der Waals surface area contributed by atoms with Gasteiger partial charge in [-0.3, -0.25) is 5.32 Å². The van der Waals surface area contributed by atoms with E-state index in [4.69, 9.17) is 0 Å². The fraction of sp³-hybridized carbons (Fsp3) is 0.600. The number of methoxy groups -OCH3 is 1. The van der Waals surface area contributed by atoms with Gasteiger partial charge in [0.1, 0.15) is 11.1 Å². The number of thiophene rings is 1. The van der Waals surface area contributed by atoms with Gasteiger partial charge >= 0.3 is 6.09 Å². The molecule has 1 N–H and O–H groups in total. The van der Waals surface area contributed by atoms with E-state index in [1.807, 2.05) is 0 Å². The fourth-order valence-corrected chi connectivity index (χ4v) is 3.94. The SMILES string of the molecule is COC(=O)Nc1sc2c(c1C#N)CCC(C(C)(C)C)C2. The van der Waals surface area contributed by atoms with E-state index in [1.165, 1.54) is 23.3 Å². The second kappa shape index (κ2) is 5.45. The number of nitrogens with zero attached hydrogens (tertiary/aromatic N) is 1. The minimum absolute atomic E-state index is 0.268. The highest BCUT2D eigenvalue weighted by atomic mass is 32.1. The summed E-state index contributed by atoms with van der Waals surface area (Å²) in [6, 6.07) is 2.23. The first-order valence-electron chi connectivity index (χ1n) is 6.76. The number of carbonyl (C=O) groups excluding carboxylic acids is 1. The molecule has 1 unspecified atom stereocenters. The van der Waals surface area contributed by atoms with Crippen molar-refractivity contribution in [2.45, 2.75) is 40.0 Å². The number of nitrogens with one attached hydrogen (secondary N) is 1. The first-order valence-corrected chi connectivity index (χ1v) is 7.58. The topological polar surface area (TPSA) is 62.1 Å². The maximum atomic E-state index is 11.3. The van der Waals surface area contributed by atoms with Gasteiger partial charge in [-0.25, -0.2) is 4.79 Å². The monoisotopic (exact) mass is 292 g/mol. The van der Waals surface area contributed by atoms with E-state index in [9.17, 15) is 10.1 Å². The molecule has 1 atom stereocenters. The van der Waals surface area contributed by atoms with Crippen LogP contribution in [0, 0.1) is 22.7 Å². The molecule has 0 saturated carbocycles. The van der Waals surface area contributed by atoms with Crippen LogP contribution in [0.1, 0.15) is 43.2 Å². The number of hydrogen-bond donors (Lipinski definition) is 1. The smallest absolute Gasteiger partial charge is 0.411 e. The summed E-state index contributed by atoms with van der Waals surface area (Å²) in [5.74, 6) is 0.617. The van der Waals surface area contributed by atoms with Gasteiger partial charge in [0.25, 0.3) is 0 Å². The van der Waals surface area contributed by atoms with E-state index >= 15 is 0 Å². The third kappa shape index (κ3) is 2.80. The van der Waals surface area contributed by atoms with E-state index in [-0.39, 0.29) is 5.41 Å². The van der Waals surface area contributed by atoms with Crippen LogP contribution in [0.2, 0.25) is 0 Å². The zero-order valence-electron chi connectivity index (χ0n) is 12.4. The molecular weight excluding hydrogens is 272 g/mol. The molecule has 1 amide bonds. The highest BCUT2D eigenvalue weighted by molar-refractivity contribution is 7.16. The third-order valence-corrected chi connectivity index (χ3v) is 5.17. The number of ether oxygens (including phenoxy) is 1. The van der Waals surface area contributed by atoms with Gasteiger partial charge < -0.3 is 4.74 Å². The number of nitriles is 1. The summed E-state index contributed by atoms with van der Waals surface area (Å²) in [7, 11) is 1.32. The number of anilines is 1. The molecule has 5 heteroatoms.